The first-order valence-corrected chi connectivity index (χ1v) is 23.4. The fourth-order valence-corrected chi connectivity index (χ4v) is 12.0. The molecule has 0 N–H and O–H groups in total. The van der Waals surface area contributed by atoms with Gasteiger partial charge in [-0.1, -0.05) is 30.3 Å². The number of benzene rings is 1. The first-order valence-electron chi connectivity index (χ1n) is 14.5. The van der Waals surface area contributed by atoms with Crippen LogP contribution >= 0.6 is 0 Å². The summed E-state index contributed by atoms with van der Waals surface area (Å²) in [6.45, 7) is 22.8. The average molecular weight is 581 g/mol. The van der Waals surface area contributed by atoms with Gasteiger partial charge in [0.25, 0.3) is 0 Å². The lowest BCUT2D eigenvalue weighted by Crippen LogP contribution is -2.44. The predicted molar refractivity (Wildman–Crippen MR) is 170 cm³/mol. The van der Waals surface area contributed by atoms with Crippen molar-refractivity contribution in [2.24, 2.45) is 0 Å². The van der Waals surface area contributed by atoms with Gasteiger partial charge in [0.1, 0.15) is 0 Å². The second-order valence-electron chi connectivity index (χ2n) is 13.9. The average Bonchev–Trinajstić information content (AvgIpc) is 3.05. The minimum absolute atomic E-state index is 0.210. The molecule has 1 fully saturated rings. The second kappa shape index (κ2) is 13.1. The summed E-state index contributed by atoms with van der Waals surface area (Å²) in [5.41, 5.74) is 2.20. The molecule has 2 rings (SSSR count). The molecule has 38 heavy (non-hydrogen) atoms. The highest BCUT2D eigenvalue weighted by molar-refractivity contribution is 6.76. The standard InChI is InChI=1S/C29H57BO5Si3/c1-28(2)29(3,4)35-30(34-28)23-27(38(12,13)33-7)22-26(37(10,11)32-6)21-25(36(8,9)31-5)20-19-24-17-15-14-16-18-24/h14-18,25-27H,19-23H2,1-13H3/t25-,26-,27-/m0/s1. The van der Waals surface area contributed by atoms with E-state index in [4.69, 9.17) is 22.6 Å². The Morgan fingerprint density at radius 3 is 1.58 bits per heavy atom. The monoisotopic (exact) mass is 580 g/mol. The Labute approximate surface area is 238 Å². The fraction of sp³-hybridized carbons (Fsp3) is 0.793. The Morgan fingerprint density at radius 1 is 0.684 bits per heavy atom. The Morgan fingerprint density at radius 2 is 1.11 bits per heavy atom. The summed E-state index contributed by atoms with van der Waals surface area (Å²) in [4.78, 5) is 0. The Hall–Kier alpha value is -0.264. The summed E-state index contributed by atoms with van der Waals surface area (Å²) in [6.07, 6.45) is 5.32. The van der Waals surface area contributed by atoms with Crippen LogP contribution in [0.3, 0.4) is 0 Å². The molecule has 0 saturated carbocycles. The van der Waals surface area contributed by atoms with Crippen LogP contribution in [0.1, 0.15) is 52.5 Å². The maximum Gasteiger partial charge on any atom is 0.457 e. The summed E-state index contributed by atoms with van der Waals surface area (Å²) in [6, 6.07) is 10.9. The molecule has 1 aliphatic heterocycles. The van der Waals surface area contributed by atoms with E-state index in [0.717, 1.165) is 32.0 Å². The highest BCUT2D eigenvalue weighted by Gasteiger charge is 2.53. The molecule has 5 nitrogen and oxygen atoms in total. The molecule has 0 spiro atoms. The topological polar surface area (TPSA) is 46.2 Å². The lowest BCUT2D eigenvalue weighted by Gasteiger charge is -2.42. The molecule has 0 unspecified atom stereocenters. The van der Waals surface area contributed by atoms with Crippen molar-refractivity contribution in [1.29, 1.82) is 0 Å². The summed E-state index contributed by atoms with van der Waals surface area (Å²) < 4.78 is 31.8. The van der Waals surface area contributed by atoms with E-state index in [0.29, 0.717) is 16.6 Å². The Bertz CT molecular complexity index is 847. The molecule has 9 heteroatoms. The quantitative estimate of drug-likeness (QED) is 0.196. The molecule has 3 atom stereocenters. The van der Waals surface area contributed by atoms with Gasteiger partial charge in [-0.05, 0) is 121 Å². The van der Waals surface area contributed by atoms with Gasteiger partial charge < -0.3 is 22.6 Å². The van der Waals surface area contributed by atoms with Gasteiger partial charge in [0.2, 0.25) is 0 Å². The van der Waals surface area contributed by atoms with E-state index in [9.17, 15) is 0 Å². The van der Waals surface area contributed by atoms with E-state index >= 15 is 0 Å². The van der Waals surface area contributed by atoms with Crippen LogP contribution in [0.25, 0.3) is 0 Å². The van der Waals surface area contributed by atoms with Gasteiger partial charge in [0.05, 0.1) is 11.2 Å². The molecule has 1 aromatic rings. The molecule has 218 valence electrons. The van der Waals surface area contributed by atoms with Crippen LogP contribution in [0.5, 0.6) is 0 Å². The van der Waals surface area contributed by atoms with Crippen LogP contribution in [-0.4, -0.2) is 64.6 Å². The summed E-state index contributed by atoms with van der Waals surface area (Å²) in [5, 5.41) is 0. The van der Waals surface area contributed by atoms with Crippen LogP contribution in [-0.2, 0) is 29.0 Å². The molecule has 1 heterocycles. The van der Waals surface area contributed by atoms with Crippen LogP contribution in [0.15, 0.2) is 30.3 Å². The normalized spacial score (nSPS) is 20.4. The van der Waals surface area contributed by atoms with Crippen molar-refractivity contribution in [1.82, 2.24) is 0 Å². The second-order valence-corrected chi connectivity index (χ2v) is 27.2. The number of aryl methyl sites for hydroxylation is 1. The van der Waals surface area contributed by atoms with Crippen molar-refractivity contribution in [2.45, 2.75) is 127 Å². The van der Waals surface area contributed by atoms with Crippen molar-refractivity contribution in [2.75, 3.05) is 21.3 Å². The molecular weight excluding hydrogens is 523 g/mol. The van der Waals surface area contributed by atoms with Gasteiger partial charge in [0.15, 0.2) is 25.0 Å². The van der Waals surface area contributed by atoms with E-state index in [1.165, 1.54) is 5.56 Å². The predicted octanol–water partition coefficient (Wildman–Crippen LogP) is 8.16. The first-order chi connectivity index (χ1) is 17.4. The zero-order valence-electron chi connectivity index (χ0n) is 26.8. The van der Waals surface area contributed by atoms with Gasteiger partial charge in [-0.25, -0.2) is 0 Å². The number of hydrogen-bond acceptors (Lipinski definition) is 5. The van der Waals surface area contributed by atoms with Crippen LogP contribution in [0.4, 0.5) is 0 Å². The molecule has 0 aromatic heterocycles. The highest BCUT2D eigenvalue weighted by Crippen LogP contribution is 2.48. The third kappa shape index (κ3) is 8.62. The first kappa shape index (κ1) is 33.9. The Kier molecular flexibility index (Phi) is 11.7. The smallest absolute Gasteiger partial charge is 0.420 e. The lowest BCUT2D eigenvalue weighted by atomic mass is 9.81. The molecule has 1 saturated heterocycles. The van der Waals surface area contributed by atoms with Gasteiger partial charge in [-0.3, -0.25) is 0 Å². The van der Waals surface area contributed by atoms with Gasteiger partial charge >= 0.3 is 7.12 Å². The van der Waals surface area contributed by atoms with E-state index < -0.39 is 25.0 Å². The number of rotatable bonds is 15. The summed E-state index contributed by atoms with van der Waals surface area (Å²) >= 11 is 0. The van der Waals surface area contributed by atoms with E-state index in [2.05, 4.69) is 97.3 Å². The van der Waals surface area contributed by atoms with E-state index in [1.54, 1.807) is 0 Å². The largest absolute Gasteiger partial charge is 0.457 e. The third-order valence-electron chi connectivity index (χ3n) is 10.1. The molecule has 0 bridgehead atoms. The number of hydrogen-bond donors (Lipinski definition) is 0. The van der Waals surface area contributed by atoms with Gasteiger partial charge in [-0.15, -0.1) is 0 Å². The molecule has 0 aliphatic carbocycles. The molecular formula is C29H57BO5Si3. The SMILES string of the molecule is CO[Si](C)(C)[C@H](C[C@@H](CB1OC(C)(C)C(C)(C)O1)[Si](C)(C)OC)C[C@H](CCc1ccccc1)[Si](C)(C)OC. The van der Waals surface area contributed by atoms with Crippen molar-refractivity contribution >= 4 is 32.1 Å². The maximum absolute atomic E-state index is 6.48. The van der Waals surface area contributed by atoms with Crippen LogP contribution in [0.2, 0.25) is 62.2 Å². The molecule has 1 aromatic carbocycles. The van der Waals surface area contributed by atoms with Crippen molar-refractivity contribution < 1.29 is 22.6 Å². The van der Waals surface area contributed by atoms with Crippen molar-refractivity contribution in [3.63, 3.8) is 0 Å². The summed E-state index contributed by atoms with van der Waals surface area (Å²) in [7, 11) is -0.382. The van der Waals surface area contributed by atoms with Gasteiger partial charge in [-0.2, -0.15) is 0 Å². The maximum atomic E-state index is 6.48. The van der Waals surface area contributed by atoms with Gasteiger partial charge in [0, 0.05) is 21.3 Å². The molecule has 1 aliphatic rings. The minimum Gasteiger partial charge on any atom is -0.420 e. The zero-order chi connectivity index (χ0) is 29.0. The van der Waals surface area contributed by atoms with E-state index in [-0.39, 0.29) is 18.3 Å². The highest BCUT2D eigenvalue weighted by atomic mass is 28.4. The van der Waals surface area contributed by atoms with Crippen molar-refractivity contribution in [3.05, 3.63) is 35.9 Å². The fourth-order valence-electron chi connectivity index (χ4n) is 5.54. The van der Waals surface area contributed by atoms with Crippen LogP contribution < -0.4 is 0 Å². The van der Waals surface area contributed by atoms with E-state index in [1.807, 2.05) is 21.3 Å². The summed E-state index contributed by atoms with van der Waals surface area (Å²) in [5.74, 6) is 0. The zero-order valence-corrected chi connectivity index (χ0v) is 29.8. The minimum atomic E-state index is -2.01. The van der Waals surface area contributed by atoms with Crippen LogP contribution in [0, 0.1) is 0 Å². The Balaban J connectivity index is 2.34. The lowest BCUT2D eigenvalue weighted by molar-refractivity contribution is 0.00578. The molecule has 0 radical (unpaired) electrons. The third-order valence-corrected chi connectivity index (χ3v) is 20.6. The van der Waals surface area contributed by atoms with Crippen molar-refractivity contribution in [3.8, 4) is 0 Å². The molecule has 0 amide bonds.